The fraction of sp³-hybridized carbons (Fsp3) is 0.333. The number of rotatable bonds is 6. The molecule has 0 radical (unpaired) electrons. The third kappa shape index (κ3) is 4.09. The van der Waals surface area contributed by atoms with E-state index in [0.29, 0.717) is 5.13 Å². The van der Waals surface area contributed by atoms with Crippen molar-refractivity contribution in [3.05, 3.63) is 46.7 Å². The molecule has 0 bridgehead atoms. The molecule has 4 nitrogen and oxygen atoms in total. The molecule has 2 aromatic rings. The van der Waals surface area contributed by atoms with Crippen molar-refractivity contribution in [3.63, 3.8) is 0 Å². The Labute approximate surface area is 127 Å². The molecule has 0 aliphatic heterocycles. The molecule has 21 heavy (non-hydrogen) atoms. The molecule has 0 saturated heterocycles. The largest absolute Gasteiger partial charge is 0.309 e. The van der Waals surface area contributed by atoms with E-state index in [1.165, 1.54) is 23.5 Å². The quantitative estimate of drug-likeness (QED) is 0.857. The molecule has 6 heteroatoms. The van der Waals surface area contributed by atoms with Crippen molar-refractivity contribution in [2.24, 2.45) is 0 Å². The second kappa shape index (κ2) is 7.28. The fourth-order valence-electron chi connectivity index (χ4n) is 1.82. The van der Waals surface area contributed by atoms with Gasteiger partial charge in [0.15, 0.2) is 5.13 Å². The number of hydrogen-bond acceptors (Lipinski definition) is 4. The number of thiazole rings is 1. The van der Waals surface area contributed by atoms with Gasteiger partial charge in [0, 0.05) is 11.4 Å². The topological polar surface area (TPSA) is 54.0 Å². The highest BCUT2D eigenvalue weighted by atomic mass is 32.1. The first-order valence-electron chi connectivity index (χ1n) is 6.86. The summed E-state index contributed by atoms with van der Waals surface area (Å²) < 4.78 is 13.5. The summed E-state index contributed by atoms with van der Waals surface area (Å²) in [4.78, 5) is 16.3. The third-order valence-electron chi connectivity index (χ3n) is 3.01. The van der Waals surface area contributed by atoms with E-state index < -0.39 is 11.7 Å². The molecule has 0 spiro atoms. The predicted octanol–water partition coefficient (Wildman–Crippen LogP) is 3.60. The Kier molecular flexibility index (Phi) is 5.41. The number of nitrogens with one attached hydrogen (secondary N) is 2. The van der Waals surface area contributed by atoms with Gasteiger partial charge in [-0.25, -0.2) is 9.37 Å². The monoisotopic (exact) mass is 307 g/mol. The van der Waals surface area contributed by atoms with Crippen LogP contribution in [-0.2, 0) is 0 Å². The molecule has 1 amide bonds. The van der Waals surface area contributed by atoms with Crippen molar-refractivity contribution >= 4 is 22.4 Å². The van der Waals surface area contributed by atoms with E-state index in [0.717, 1.165) is 18.7 Å². The molecule has 1 aromatic carbocycles. The third-order valence-corrected chi connectivity index (χ3v) is 3.78. The molecule has 112 valence electrons. The lowest BCUT2D eigenvalue weighted by molar-refractivity contribution is 0.102. The highest BCUT2D eigenvalue weighted by Crippen LogP contribution is 2.21. The molecular formula is C15H18FN3OS. The Hall–Kier alpha value is -1.79. The van der Waals surface area contributed by atoms with Gasteiger partial charge in [-0.1, -0.05) is 19.1 Å². The lowest BCUT2D eigenvalue weighted by Gasteiger charge is -2.09. The van der Waals surface area contributed by atoms with Crippen molar-refractivity contribution in [2.75, 3.05) is 11.9 Å². The minimum absolute atomic E-state index is 0.0198. The first-order chi connectivity index (χ1) is 10.1. The molecular weight excluding hydrogens is 289 g/mol. The van der Waals surface area contributed by atoms with Crippen LogP contribution in [0.15, 0.2) is 29.6 Å². The number of hydrogen-bond donors (Lipinski definition) is 2. The van der Waals surface area contributed by atoms with Crippen LogP contribution in [0.25, 0.3) is 0 Å². The molecule has 0 aliphatic carbocycles. The van der Waals surface area contributed by atoms with E-state index in [1.54, 1.807) is 12.1 Å². The van der Waals surface area contributed by atoms with Gasteiger partial charge in [-0.15, -0.1) is 11.3 Å². The van der Waals surface area contributed by atoms with Gasteiger partial charge in [-0.3, -0.25) is 10.1 Å². The minimum atomic E-state index is -0.537. The van der Waals surface area contributed by atoms with Gasteiger partial charge < -0.3 is 5.32 Å². The summed E-state index contributed by atoms with van der Waals surface area (Å²) in [5.74, 6) is -1.02. The number of carbonyl (C=O) groups excluding carboxylic acids is 1. The van der Waals surface area contributed by atoms with E-state index in [1.807, 2.05) is 12.3 Å². The number of halogens is 1. The van der Waals surface area contributed by atoms with E-state index in [9.17, 15) is 9.18 Å². The molecule has 1 atom stereocenters. The van der Waals surface area contributed by atoms with Gasteiger partial charge in [0.25, 0.3) is 5.91 Å². The van der Waals surface area contributed by atoms with Crippen molar-refractivity contribution < 1.29 is 9.18 Å². The van der Waals surface area contributed by atoms with Crippen LogP contribution < -0.4 is 10.6 Å². The van der Waals surface area contributed by atoms with Gasteiger partial charge in [-0.05, 0) is 32.0 Å². The molecule has 1 heterocycles. The highest BCUT2D eigenvalue weighted by Gasteiger charge is 2.14. The normalized spacial score (nSPS) is 12.1. The Morgan fingerprint density at radius 3 is 2.90 bits per heavy atom. The van der Waals surface area contributed by atoms with Crippen LogP contribution in [-0.4, -0.2) is 17.4 Å². The lowest BCUT2D eigenvalue weighted by atomic mass is 10.2. The first kappa shape index (κ1) is 15.6. The number of aromatic nitrogens is 1. The number of carbonyl (C=O) groups is 1. The summed E-state index contributed by atoms with van der Waals surface area (Å²) in [6.45, 7) is 5.03. The van der Waals surface area contributed by atoms with Crippen molar-refractivity contribution in [3.8, 4) is 0 Å². The summed E-state index contributed by atoms with van der Waals surface area (Å²) in [6.07, 6.45) is 1.05. The molecule has 0 saturated carbocycles. The summed E-state index contributed by atoms with van der Waals surface area (Å²) >= 11 is 1.33. The number of benzene rings is 1. The van der Waals surface area contributed by atoms with Gasteiger partial charge in [0.05, 0.1) is 11.3 Å². The molecule has 2 rings (SSSR count). The maximum absolute atomic E-state index is 13.5. The van der Waals surface area contributed by atoms with Crippen LogP contribution in [0.5, 0.6) is 0 Å². The molecule has 1 unspecified atom stereocenters. The zero-order valence-electron chi connectivity index (χ0n) is 12.0. The molecule has 0 fully saturated rings. The fourth-order valence-corrected chi connectivity index (χ4v) is 2.62. The van der Waals surface area contributed by atoms with Gasteiger partial charge >= 0.3 is 0 Å². The maximum atomic E-state index is 13.5. The average Bonchev–Trinajstić information content (AvgIpc) is 2.93. The Morgan fingerprint density at radius 2 is 2.19 bits per heavy atom. The molecule has 1 aromatic heterocycles. The summed E-state index contributed by atoms with van der Waals surface area (Å²) in [5, 5.41) is 8.33. The number of nitrogens with zero attached hydrogens (tertiary/aromatic N) is 1. The summed E-state index contributed by atoms with van der Waals surface area (Å²) in [7, 11) is 0. The second-order valence-corrected chi connectivity index (χ2v) is 5.55. The molecule has 2 N–H and O–H groups in total. The summed E-state index contributed by atoms with van der Waals surface area (Å²) in [5.41, 5.74) is 0.892. The van der Waals surface area contributed by atoms with Crippen LogP contribution in [0, 0.1) is 5.82 Å². The van der Waals surface area contributed by atoms with Crippen LogP contribution in [0.3, 0.4) is 0 Å². The SMILES string of the molecule is CCCNC(C)c1csc(NC(=O)c2ccccc2F)n1. The average molecular weight is 307 g/mol. The van der Waals surface area contributed by atoms with E-state index in [2.05, 4.69) is 22.5 Å². The lowest BCUT2D eigenvalue weighted by Crippen LogP contribution is -2.19. The molecule has 0 aliphatic rings. The summed E-state index contributed by atoms with van der Waals surface area (Å²) in [6, 6.07) is 6.01. The van der Waals surface area contributed by atoms with Crippen LogP contribution in [0.2, 0.25) is 0 Å². The van der Waals surface area contributed by atoms with E-state index in [-0.39, 0.29) is 11.6 Å². The van der Waals surface area contributed by atoms with Crippen LogP contribution in [0.4, 0.5) is 9.52 Å². The van der Waals surface area contributed by atoms with E-state index >= 15 is 0 Å². The van der Waals surface area contributed by atoms with Gasteiger partial charge in [0.2, 0.25) is 0 Å². The zero-order chi connectivity index (χ0) is 15.2. The smallest absolute Gasteiger partial charge is 0.260 e. The second-order valence-electron chi connectivity index (χ2n) is 4.69. The first-order valence-corrected chi connectivity index (χ1v) is 7.74. The van der Waals surface area contributed by atoms with Crippen molar-refractivity contribution in [1.29, 1.82) is 0 Å². The van der Waals surface area contributed by atoms with Crippen LogP contribution >= 0.6 is 11.3 Å². The standard InChI is InChI=1S/C15H18FN3OS/c1-3-8-17-10(2)13-9-21-15(18-13)19-14(20)11-6-4-5-7-12(11)16/h4-7,9-10,17H,3,8H2,1-2H3,(H,18,19,20). The predicted molar refractivity (Wildman–Crippen MR) is 83.2 cm³/mol. The van der Waals surface area contributed by atoms with Crippen molar-refractivity contribution in [1.82, 2.24) is 10.3 Å². The minimum Gasteiger partial charge on any atom is -0.309 e. The van der Waals surface area contributed by atoms with Crippen LogP contribution in [0.1, 0.15) is 42.4 Å². The maximum Gasteiger partial charge on any atom is 0.260 e. The number of anilines is 1. The zero-order valence-corrected chi connectivity index (χ0v) is 12.8. The van der Waals surface area contributed by atoms with Gasteiger partial charge in [-0.2, -0.15) is 0 Å². The highest BCUT2D eigenvalue weighted by molar-refractivity contribution is 7.14. The Bertz CT molecular complexity index is 614. The Balaban J connectivity index is 2.02. The van der Waals surface area contributed by atoms with Gasteiger partial charge in [0.1, 0.15) is 5.82 Å². The Morgan fingerprint density at radius 1 is 1.43 bits per heavy atom. The number of amides is 1. The van der Waals surface area contributed by atoms with Crippen molar-refractivity contribution in [2.45, 2.75) is 26.3 Å². The van der Waals surface area contributed by atoms with E-state index in [4.69, 9.17) is 0 Å².